The number of rotatable bonds is 11. The number of carboxylic acid groups (broad SMARTS) is 1. The number of ether oxygens (including phenoxy) is 1. The van der Waals surface area contributed by atoms with Gasteiger partial charge in [-0.3, -0.25) is 5.32 Å². The van der Waals surface area contributed by atoms with Crippen molar-refractivity contribution in [3.8, 4) is 0 Å². The lowest BCUT2D eigenvalue weighted by molar-refractivity contribution is -0.148. The van der Waals surface area contributed by atoms with Crippen LogP contribution in [0.15, 0.2) is 30.3 Å². The molecule has 1 aromatic carbocycles. The Morgan fingerprint density at radius 2 is 1.90 bits per heavy atom. The van der Waals surface area contributed by atoms with Gasteiger partial charge in [-0.05, 0) is 24.9 Å². The third-order valence-electron chi connectivity index (χ3n) is 3.52. The van der Waals surface area contributed by atoms with E-state index < -0.39 is 11.5 Å². The molecule has 0 aliphatic carbocycles. The van der Waals surface area contributed by atoms with Gasteiger partial charge in [-0.25, -0.2) is 4.79 Å². The van der Waals surface area contributed by atoms with Crippen LogP contribution in [0.3, 0.4) is 0 Å². The van der Waals surface area contributed by atoms with Crippen LogP contribution in [-0.4, -0.2) is 30.8 Å². The summed E-state index contributed by atoms with van der Waals surface area (Å²) >= 11 is 0. The first-order valence-corrected chi connectivity index (χ1v) is 7.79. The number of nitrogens with one attached hydrogen (secondary N) is 1. The molecule has 4 nitrogen and oxygen atoms in total. The SMILES string of the molecule is CCCCCOCC(NCCC)(C(=O)O)c1ccccc1. The lowest BCUT2D eigenvalue weighted by atomic mass is 9.90. The third-order valence-corrected chi connectivity index (χ3v) is 3.52. The molecule has 0 amide bonds. The van der Waals surface area contributed by atoms with E-state index in [0.29, 0.717) is 13.2 Å². The summed E-state index contributed by atoms with van der Waals surface area (Å²) in [5.74, 6) is -0.891. The summed E-state index contributed by atoms with van der Waals surface area (Å²) in [6, 6.07) is 9.28. The Morgan fingerprint density at radius 1 is 1.19 bits per heavy atom. The van der Waals surface area contributed by atoms with Gasteiger partial charge in [-0.1, -0.05) is 57.0 Å². The van der Waals surface area contributed by atoms with E-state index in [2.05, 4.69) is 12.2 Å². The number of aliphatic carboxylic acids is 1. The van der Waals surface area contributed by atoms with E-state index in [1.807, 2.05) is 37.3 Å². The number of carboxylic acids is 1. The van der Waals surface area contributed by atoms with Gasteiger partial charge in [0.15, 0.2) is 5.54 Å². The van der Waals surface area contributed by atoms with Crippen LogP contribution in [0.5, 0.6) is 0 Å². The number of unbranched alkanes of at least 4 members (excludes halogenated alkanes) is 2. The Hall–Kier alpha value is -1.39. The average molecular weight is 293 g/mol. The van der Waals surface area contributed by atoms with Gasteiger partial charge in [0.05, 0.1) is 6.61 Å². The molecular formula is C17H27NO3. The molecule has 0 spiro atoms. The van der Waals surface area contributed by atoms with Crippen LogP contribution in [0, 0.1) is 0 Å². The predicted octanol–water partition coefficient (Wildman–Crippen LogP) is 3.17. The molecule has 0 aliphatic heterocycles. The summed E-state index contributed by atoms with van der Waals surface area (Å²) in [5, 5.41) is 12.9. The smallest absolute Gasteiger partial charge is 0.331 e. The summed E-state index contributed by atoms with van der Waals surface area (Å²) in [7, 11) is 0. The molecule has 0 aromatic heterocycles. The maximum atomic E-state index is 11.9. The highest BCUT2D eigenvalue weighted by atomic mass is 16.5. The van der Waals surface area contributed by atoms with Crippen molar-refractivity contribution in [3.63, 3.8) is 0 Å². The van der Waals surface area contributed by atoms with E-state index in [4.69, 9.17) is 4.74 Å². The maximum Gasteiger partial charge on any atom is 0.331 e. The van der Waals surface area contributed by atoms with Crippen LogP contribution in [0.4, 0.5) is 0 Å². The Labute approximate surface area is 127 Å². The second-order valence-electron chi connectivity index (χ2n) is 5.26. The summed E-state index contributed by atoms with van der Waals surface area (Å²) in [6.45, 7) is 5.54. The summed E-state index contributed by atoms with van der Waals surface area (Å²) in [6.07, 6.45) is 4.07. The number of hydrogen-bond acceptors (Lipinski definition) is 3. The first-order chi connectivity index (χ1) is 10.2. The molecule has 1 rings (SSSR count). The monoisotopic (exact) mass is 293 g/mol. The molecule has 2 N–H and O–H groups in total. The number of benzene rings is 1. The van der Waals surface area contributed by atoms with Gasteiger partial charge in [0, 0.05) is 6.61 Å². The highest BCUT2D eigenvalue weighted by Gasteiger charge is 2.40. The fourth-order valence-corrected chi connectivity index (χ4v) is 2.24. The van der Waals surface area contributed by atoms with E-state index >= 15 is 0 Å². The summed E-state index contributed by atoms with van der Waals surface area (Å²) in [4.78, 5) is 11.9. The Balaban J connectivity index is 2.83. The van der Waals surface area contributed by atoms with Gasteiger partial charge in [0.25, 0.3) is 0 Å². The van der Waals surface area contributed by atoms with Gasteiger partial charge in [-0.2, -0.15) is 0 Å². The summed E-state index contributed by atoms with van der Waals surface area (Å²) in [5.41, 5.74) is -0.426. The highest BCUT2D eigenvalue weighted by molar-refractivity contribution is 5.81. The third kappa shape index (κ3) is 5.14. The van der Waals surface area contributed by atoms with Crippen molar-refractivity contribution in [1.29, 1.82) is 0 Å². The molecule has 0 radical (unpaired) electrons. The van der Waals surface area contributed by atoms with Crippen molar-refractivity contribution >= 4 is 5.97 Å². The number of hydrogen-bond donors (Lipinski definition) is 2. The number of carbonyl (C=O) groups is 1. The average Bonchev–Trinajstić information content (AvgIpc) is 2.51. The maximum absolute atomic E-state index is 11.9. The Morgan fingerprint density at radius 3 is 2.48 bits per heavy atom. The molecule has 0 heterocycles. The molecule has 0 fully saturated rings. The standard InChI is InChI=1S/C17H27NO3/c1-3-5-9-13-21-14-17(16(19)20,18-12-4-2)15-10-7-6-8-11-15/h6-8,10-11,18H,3-5,9,12-14H2,1-2H3,(H,19,20). The zero-order valence-electron chi connectivity index (χ0n) is 13.1. The minimum absolute atomic E-state index is 0.149. The molecule has 118 valence electrons. The normalized spacial score (nSPS) is 13.8. The van der Waals surface area contributed by atoms with Crippen LogP contribution in [0.25, 0.3) is 0 Å². The van der Waals surface area contributed by atoms with Crippen LogP contribution >= 0.6 is 0 Å². The van der Waals surface area contributed by atoms with Crippen LogP contribution in [-0.2, 0) is 15.1 Å². The van der Waals surface area contributed by atoms with Crippen LogP contribution < -0.4 is 5.32 Å². The Bertz CT molecular complexity index is 408. The minimum Gasteiger partial charge on any atom is -0.480 e. The van der Waals surface area contributed by atoms with Crippen molar-refractivity contribution in [2.75, 3.05) is 19.8 Å². The zero-order chi connectivity index (χ0) is 15.6. The quantitative estimate of drug-likeness (QED) is 0.615. The molecule has 0 saturated heterocycles. The molecule has 0 bridgehead atoms. The first-order valence-electron chi connectivity index (χ1n) is 7.79. The van der Waals surface area contributed by atoms with Crippen molar-refractivity contribution < 1.29 is 14.6 Å². The fraction of sp³-hybridized carbons (Fsp3) is 0.588. The molecule has 21 heavy (non-hydrogen) atoms. The first kappa shape index (κ1) is 17.7. The molecule has 1 aromatic rings. The topological polar surface area (TPSA) is 58.6 Å². The van der Waals surface area contributed by atoms with Gasteiger partial charge in [-0.15, -0.1) is 0 Å². The van der Waals surface area contributed by atoms with Gasteiger partial charge < -0.3 is 9.84 Å². The zero-order valence-corrected chi connectivity index (χ0v) is 13.1. The van der Waals surface area contributed by atoms with Gasteiger partial charge in [0.2, 0.25) is 0 Å². The van der Waals surface area contributed by atoms with E-state index in [0.717, 1.165) is 31.2 Å². The second-order valence-corrected chi connectivity index (χ2v) is 5.26. The molecule has 1 atom stereocenters. The fourth-order valence-electron chi connectivity index (χ4n) is 2.24. The van der Waals surface area contributed by atoms with Crippen molar-refractivity contribution in [2.45, 2.75) is 45.1 Å². The summed E-state index contributed by atoms with van der Waals surface area (Å²) < 4.78 is 5.67. The lowest BCUT2D eigenvalue weighted by Gasteiger charge is -2.31. The highest BCUT2D eigenvalue weighted by Crippen LogP contribution is 2.22. The molecule has 4 heteroatoms. The lowest BCUT2D eigenvalue weighted by Crippen LogP contribution is -2.53. The van der Waals surface area contributed by atoms with Crippen LogP contribution in [0.1, 0.15) is 45.1 Å². The van der Waals surface area contributed by atoms with Gasteiger partial charge >= 0.3 is 5.97 Å². The van der Waals surface area contributed by atoms with E-state index in [1.54, 1.807) is 0 Å². The minimum atomic E-state index is -1.16. The van der Waals surface area contributed by atoms with E-state index in [-0.39, 0.29) is 6.61 Å². The molecule has 0 aliphatic rings. The largest absolute Gasteiger partial charge is 0.480 e. The van der Waals surface area contributed by atoms with Crippen molar-refractivity contribution in [1.82, 2.24) is 5.32 Å². The molecular weight excluding hydrogens is 266 g/mol. The van der Waals surface area contributed by atoms with Crippen molar-refractivity contribution in [3.05, 3.63) is 35.9 Å². The van der Waals surface area contributed by atoms with Gasteiger partial charge in [0.1, 0.15) is 0 Å². The predicted molar refractivity (Wildman–Crippen MR) is 84.4 cm³/mol. The molecule has 1 unspecified atom stereocenters. The second kappa shape index (κ2) is 9.53. The molecule has 0 saturated carbocycles. The van der Waals surface area contributed by atoms with Crippen LogP contribution in [0.2, 0.25) is 0 Å². The Kier molecular flexibility index (Phi) is 8.01. The van der Waals surface area contributed by atoms with E-state index in [1.165, 1.54) is 0 Å². The van der Waals surface area contributed by atoms with Crippen molar-refractivity contribution in [2.24, 2.45) is 0 Å². The van der Waals surface area contributed by atoms with E-state index in [9.17, 15) is 9.90 Å².